The second-order valence-electron chi connectivity index (χ2n) is 12.1. The first kappa shape index (κ1) is 32.7. The second kappa shape index (κ2) is 11.7. The molecule has 2 aromatic carbocycles. The molecule has 1 saturated carbocycles. The molecule has 0 spiro atoms. The molecular weight excluding hydrogens is 601 g/mol. The van der Waals surface area contributed by atoms with Crippen LogP contribution in [0.1, 0.15) is 62.4 Å². The minimum absolute atomic E-state index is 0. The van der Waals surface area contributed by atoms with E-state index in [1.807, 2.05) is 0 Å². The van der Waals surface area contributed by atoms with Crippen molar-refractivity contribution < 1.29 is 31.1 Å². The van der Waals surface area contributed by atoms with Crippen LogP contribution >= 0.6 is 13.5 Å². The molecule has 1 N–H and O–H groups in total. The van der Waals surface area contributed by atoms with Crippen LogP contribution in [0.2, 0.25) is 0 Å². The van der Waals surface area contributed by atoms with Gasteiger partial charge in [0.25, 0.3) is 15.9 Å². The first-order chi connectivity index (χ1) is 19.6. The lowest BCUT2D eigenvalue weighted by Crippen LogP contribution is -2.40. The third-order valence-electron chi connectivity index (χ3n) is 8.31. The summed E-state index contributed by atoms with van der Waals surface area (Å²) >= 11 is 0. The molecule has 0 unspecified atom stereocenters. The summed E-state index contributed by atoms with van der Waals surface area (Å²) in [5.74, 6) is -0.222. The number of ether oxygens (including phenoxy) is 1. The molecule has 1 amide bonds. The monoisotopic (exact) mass is 638 g/mol. The lowest BCUT2D eigenvalue weighted by atomic mass is 9.97. The van der Waals surface area contributed by atoms with Crippen molar-refractivity contribution in [2.24, 2.45) is 11.3 Å². The van der Waals surface area contributed by atoms with Gasteiger partial charge in [-0.25, -0.2) is 17.8 Å². The highest BCUT2D eigenvalue weighted by molar-refractivity contribution is 7.90. The predicted molar refractivity (Wildman–Crippen MR) is 163 cm³/mol. The van der Waals surface area contributed by atoms with Crippen LogP contribution in [0, 0.1) is 18.3 Å². The Balaban J connectivity index is 0.00000423. The number of anilines is 1. The van der Waals surface area contributed by atoms with E-state index in [-0.39, 0.29) is 61.2 Å². The first-order valence-corrected chi connectivity index (χ1v) is 15.4. The quantitative estimate of drug-likeness (QED) is 0.302. The topological polar surface area (TPSA) is 93.5 Å². The molecule has 3 aromatic rings. The standard InChI is InChI=1S/C30H35F3N4O4S.H2S/c1-20-18-28(3,4)36(19-20)24-17-22(37-15-11-26(34-37)41-16-14-29(12-13-29)30(31,32)33)9-10-23(24)27(38)35-42(39,40)25-8-6-5-7-21(25)2;/h5-11,15,17,20H,12-14,16,18-19H2,1-4H3,(H,35,38);1H2/t20-;/m0./s1. The van der Waals surface area contributed by atoms with Crippen molar-refractivity contribution in [3.05, 3.63) is 65.9 Å². The highest BCUT2D eigenvalue weighted by atomic mass is 32.2. The Morgan fingerprint density at radius 2 is 1.84 bits per heavy atom. The Labute approximate surface area is 257 Å². The summed E-state index contributed by atoms with van der Waals surface area (Å²) in [6, 6.07) is 13.0. The van der Waals surface area contributed by atoms with Gasteiger partial charge in [-0.1, -0.05) is 25.1 Å². The largest absolute Gasteiger partial charge is 0.477 e. The summed E-state index contributed by atoms with van der Waals surface area (Å²) in [5.41, 5.74) is -0.0975. The molecule has 234 valence electrons. The van der Waals surface area contributed by atoms with E-state index >= 15 is 0 Å². The average Bonchev–Trinajstić information content (AvgIpc) is 3.46. The predicted octanol–water partition coefficient (Wildman–Crippen LogP) is 6.15. The number of nitrogens with zero attached hydrogens (tertiary/aromatic N) is 3. The number of halogens is 3. The zero-order valence-electron chi connectivity index (χ0n) is 24.5. The van der Waals surface area contributed by atoms with Crippen LogP contribution in [-0.4, -0.2) is 49.0 Å². The number of sulfonamides is 1. The van der Waals surface area contributed by atoms with Crippen molar-refractivity contribution in [3.63, 3.8) is 0 Å². The van der Waals surface area contributed by atoms with E-state index in [1.165, 1.54) is 10.7 Å². The molecule has 8 nitrogen and oxygen atoms in total. The molecule has 2 heterocycles. The number of aromatic nitrogens is 2. The van der Waals surface area contributed by atoms with Gasteiger partial charge in [-0.3, -0.25) is 4.79 Å². The average molecular weight is 639 g/mol. The molecule has 0 radical (unpaired) electrons. The fourth-order valence-electron chi connectivity index (χ4n) is 5.88. The molecule has 1 aliphatic heterocycles. The van der Waals surface area contributed by atoms with Crippen LogP contribution in [0.3, 0.4) is 0 Å². The van der Waals surface area contributed by atoms with E-state index in [2.05, 4.69) is 35.5 Å². The molecule has 0 bridgehead atoms. The highest BCUT2D eigenvalue weighted by Crippen LogP contribution is 2.59. The number of carbonyl (C=O) groups is 1. The van der Waals surface area contributed by atoms with Gasteiger partial charge in [0.1, 0.15) is 0 Å². The molecule has 5 rings (SSSR count). The number of rotatable bonds is 9. The molecule has 1 saturated heterocycles. The van der Waals surface area contributed by atoms with Gasteiger partial charge in [-0.2, -0.15) is 26.7 Å². The minimum Gasteiger partial charge on any atom is -0.477 e. The van der Waals surface area contributed by atoms with Crippen molar-refractivity contribution in [1.82, 2.24) is 14.5 Å². The number of benzene rings is 2. The summed E-state index contributed by atoms with van der Waals surface area (Å²) < 4.78 is 75.2. The smallest absolute Gasteiger partial charge is 0.394 e. The lowest BCUT2D eigenvalue weighted by Gasteiger charge is -2.35. The summed E-state index contributed by atoms with van der Waals surface area (Å²) in [6.07, 6.45) is -1.61. The van der Waals surface area contributed by atoms with Crippen molar-refractivity contribution in [1.29, 1.82) is 0 Å². The Bertz CT molecular complexity index is 1600. The van der Waals surface area contributed by atoms with Gasteiger partial charge in [0, 0.05) is 24.3 Å². The van der Waals surface area contributed by atoms with E-state index < -0.39 is 27.5 Å². The van der Waals surface area contributed by atoms with Crippen molar-refractivity contribution >= 4 is 35.1 Å². The Hall–Kier alpha value is -3.19. The van der Waals surface area contributed by atoms with Crippen LogP contribution in [0.5, 0.6) is 5.88 Å². The molecule has 1 aromatic heterocycles. The Morgan fingerprint density at radius 1 is 1.14 bits per heavy atom. The van der Waals surface area contributed by atoms with Gasteiger partial charge >= 0.3 is 6.18 Å². The maximum Gasteiger partial charge on any atom is 0.394 e. The molecule has 2 fully saturated rings. The van der Waals surface area contributed by atoms with Gasteiger partial charge in [-0.05, 0) is 82.2 Å². The minimum atomic E-state index is -4.24. The van der Waals surface area contributed by atoms with Crippen LogP contribution in [0.15, 0.2) is 59.6 Å². The van der Waals surface area contributed by atoms with Crippen molar-refractivity contribution in [3.8, 4) is 11.6 Å². The molecule has 1 aliphatic carbocycles. The molecule has 1 atom stereocenters. The van der Waals surface area contributed by atoms with E-state index in [9.17, 15) is 26.4 Å². The van der Waals surface area contributed by atoms with Crippen molar-refractivity contribution in [2.45, 2.75) is 70.0 Å². The van der Waals surface area contributed by atoms with E-state index in [1.54, 1.807) is 55.6 Å². The maximum atomic E-state index is 13.5. The number of hydrogen-bond donors (Lipinski definition) is 1. The normalized spacial score (nSPS) is 19.0. The first-order valence-electron chi connectivity index (χ1n) is 13.9. The Kier molecular flexibility index (Phi) is 8.92. The summed E-state index contributed by atoms with van der Waals surface area (Å²) in [6.45, 7) is 8.49. The number of aryl methyl sites for hydroxylation is 1. The summed E-state index contributed by atoms with van der Waals surface area (Å²) in [4.78, 5) is 15.6. The summed E-state index contributed by atoms with van der Waals surface area (Å²) in [7, 11) is -4.12. The SMILES string of the molecule is Cc1ccccc1S(=O)(=O)NC(=O)c1ccc(-n2ccc(OCCC3(C(F)(F)F)CC3)n2)cc1N1C[C@@H](C)CC1(C)C.S. The van der Waals surface area contributed by atoms with Crippen LogP contribution < -0.4 is 14.4 Å². The maximum absolute atomic E-state index is 13.5. The Morgan fingerprint density at radius 3 is 2.44 bits per heavy atom. The van der Waals surface area contributed by atoms with E-state index in [0.29, 0.717) is 29.4 Å². The fraction of sp³-hybridized carbons (Fsp3) is 0.467. The van der Waals surface area contributed by atoms with Crippen LogP contribution in [-0.2, 0) is 10.0 Å². The second-order valence-corrected chi connectivity index (χ2v) is 13.8. The number of nitrogens with one attached hydrogen (secondary N) is 1. The number of hydrogen-bond acceptors (Lipinski definition) is 6. The molecule has 13 heteroatoms. The zero-order valence-corrected chi connectivity index (χ0v) is 26.3. The number of amides is 1. The third kappa shape index (κ3) is 6.67. The van der Waals surface area contributed by atoms with Crippen molar-refractivity contribution in [2.75, 3.05) is 18.1 Å². The van der Waals surface area contributed by atoms with Gasteiger partial charge in [0.05, 0.1) is 33.9 Å². The number of carbonyl (C=O) groups excluding carboxylic acids is 1. The van der Waals surface area contributed by atoms with Gasteiger partial charge in [0.15, 0.2) is 0 Å². The van der Waals surface area contributed by atoms with E-state index in [4.69, 9.17) is 4.74 Å². The van der Waals surface area contributed by atoms with Gasteiger partial charge in [0.2, 0.25) is 5.88 Å². The van der Waals surface area contributed by atoms with Gasteiger partial charge in [-0.15, -0.1) is 5.10 Å². The fourth-order valence-corrected chi connectivity index (χ4v) is 7.10. The number of alkyl halides is 3. The van der Waals surface area contributed by atoms with E-state index in [0.717, 1.165) is 6.42 Å². The van der Waals surface area contributed by atoms with Crippen LogP contribution in [0.4, 0.5) is 18.9 Å². The highest BCUT2D eigenvalue weighted by Gasteiger charge is 2.62. The molecule has 2 aliphatic rings. The lowest BCUT2D eigenvalue weighted by molar-refractivity contribution is -0.190. The zero-order chi connectivity index (χ0) is 30.5. The molecule has 43 heavy (non-hydrogen) atoms. The van der Waals surface area contributed by atoms with Gasteiger partial charge < -0.3 is 9.64 Å². The van der Waals surface area contributed by atoms with Crippen LogP contribution in [0.25, 0.3) is 5.69 Å². The third-order valence-corrected chi connectivity index (χ3v) is 9.81. The summed E-state index contributed by atoms with van der Waals surface area (Å²) in [5, 5.41) is 4.38. The molecular formula is C30H37F3N4O4S2.